The van der Waals surface area contributed by atoms with Crippen molar-refractivity contribution in [1.29, 1.82) is 0 Å². The fourth-order valence-corrected chi connectivity index (χ4v) is 5.54. The molecule has 3 aromatic rings. The van der Waals surface area contributed by atoms with E-state index in [0.29, 0.717) is 28.0 Å². The predicted molar refractivity (Wildman–Crippen MR) is 149 cm³/mol. The van der Waals surface area contributed by atoms with Gasteiger partial charge >= 0.3 is 11.9 Å². The minimum atomic E-state index is -0.954. The molecule has 2 N–H and O–H groups in total. The quantitative estimate of drug-likeness (QED) is 0.319. The van der Waals surface area contributed by atoms with Gasteiger partial charge in [-0.15, -0.1) is 11.3 Å². The second kappa shape index (κ2) is 12.0. The molecule has 1 atom stereocenters. The van der Waals surface area contributed by atoms with Crippen LogP contribution in [-0.4, -0.2) is 44.4 Å². The molecule has 1 aliphatic heterocycles. The van der Waals surface area contributed by atoms with Crippen LogP contribution >= 0.6 is 11.3 Å². The Bertz CT molecular complexity index is 1620. The number of carbonyl (C=O) groups excluding carboxylic acids is 2. The van der Waals surface area contributed by atoms with E-state index in [9.17, 15) is 14.4 Å². The molecule has 9 nitrogen and oxygen atoms in total. The van der Waals surface area contributed by atoms with Gasteiger partial charge in [0.05, 0.1) is 49.5 Å². The maximum atomic E-state index is 13.7. The molecule has 0 radical (unpaired) electrons. The van der Waals surface area contributed by atoms with Crippen LogP contribution in [0.1, 0.15) is 36.8 Å². The number of unbranched alkanes of at least 4 members (excludes halogenated alkanes) is 1. The minimum Gasteiger partial charge on any atom is -0.497 e. The fraction of sp³-hybridized carbons (Fsp3) is 0.276. The molecule has 0 fully saturated rings. The second-order valence-electron chi connectivity index (χ2n) is 8.74. The molecular weight excluding hydrogens is 520 g/mol. The summed E-state index contributed by atoms with van der Waals surface area (Å²) in [6, 6.07) is 14.2. The molecule has 204 valence electrons. The van der Waals surface area contributed by atoms with E-state index in [1.807, 2.05) is 13.0 Å². The number of nitrogens with two attached hydrogens (primary N) is 1. The number of esters is 2. The van der Waals surface area contributed by atoms with Crippen molar-refractivity contribution in [2.75, 3.05) is 27.9 Å². The van der Waals surface area contributed by atoms with Gasteiger partial charge in [-0.05, 0) is 47.9 Å². The second-order valence-corrected chi connectivity index (χ2v) is 9.77. The predicted octanol–water partition coefficient (Wildman–Crippen LogP) is 2.35. The summed E-state index contributed by atoms with van der Waals surface area (Å²) in [5.41, 5.74) is 7.47. The molecule has 10 heteroatoms. The zero-order valence-corrected chi connectivity index (χ0v) is 23.0. The van der Waals surface area contributed by atoms with Crippen molar-refractivity contribution in [3.05, 3.63) is 84.8 Å². The third-order valence-corrected chi connectivity index (χ3v) is 7.43. The molecule has 1 unspecified atom stereocenters. The molecule has 0 saturated carbocycles. The smallest absolute Gasteiger partial charge is 0.338 e. The van der Waals surface area contributed by atoms with Crippen molar-refractivity contribution in [2.45, 2.75) is 25.7 Å². The highest BCUT2D eigenvalue weighted by atomic mass is 32.1. The van der Waals surface area contributed by atoms with Crippen molar-refractivity contribution in [3.63, 3.8) is 0 Å². The molecule has 0 aliphatic carbocycles. The van der Waals surface area contributed by atoms with Gasteiger partial charge in [-0.3, -0.25) is 9.36 Å². The van der Waals surface area contributed by atoms with Gasteiger partial charge in [0.25, 0.3) is 5.56 Å². The van der Waals surface area contributed by atoms with Crippen molar-refractivity contribution in [2.24, 2.45) is 5.73 Å². The van der Waals surface area contributed by atoms with Crippen LogP contribution in [0.2, 0.25) is 0 Å². The molecule has 39 heavy (non-hydrogen) atoms. The summed E-state index contributed by atoms with van der Waals surface area (Å²) in [6.45, 7) is 2.15. The highest BCUT2D eigenvalue weighted by molar-refractivity contribution is 7.07. The minimum absolute atomic E-state index is 0.0138. The lowest BCUT2D eigenvalue weighted by atomic mass is 9.83. The zero-order chi connectivity index (χ0) is 28.1. The van der Waals surface area contributed by atoms with E-state index in [2.05, 4.69) is 0 Å². The first-order valence-electron chi connectivity index (χ1n) is 12.4. The van der Waals surface area contributed by atoms with Crippen LogP contribution in [-0.2, 0) is 19.1 Å². The lowest BCUT2D eigenvalue weighted by Crippen LogP contribution is -2.41. The topological polar surface area (TPSA) is 119 Å². The van der Waals surface area contributed by atoms with Crippen molar-refractivity contribution in [1.82, 2.24) is 4.57 Å². The third kappa shape index (κ3) is 5.46. The standard InChI is InChI=1S/C29H30N2O7S/c1-5-6-13-38-29(34)23-22(18-10-8-12-20(16-18)36-3)24(28(33)37-4)27-31(25(23)30)26(32)21(39-27)15-17-9-7-11-19(14-17)35-2/h7-12,14-16,22H,5-6,13,30H2,1-4H3. The Morgan fingerprint density at radius 3 is 2.36 bits per heavy atom. The van der Waals surface area contributed by atoms with Gasteiger partial charge < -0.3 is 24.7 Å². The van der Waals surface area contributed by atoms with Gasteiger partial charge in [0.2, 0.25) is 0 Å². The average Bonchev–Trinajstić information content (AvgIpc) is 3.28. The third-order valence-electron chi connectivity index (χ3n) is 6.32. The van der Waals surface area contributed by atoms with Crippen LogP contribution in [0.25, 0.3) is 17.5 Å². The van der Waals surface area contributed by atoms with Gasteiger partial charge in [-0.2, -0.15) is 0 Å². The van der Waals surface area contributed by atoms with Gasteiger partial charge in [-0.1, -0.05) is 37.6 Å². The maximum Gasteiger partial charge on any atom is 0.338 e. The first kappa shape index (κ1) is 27.7. The van der Waals surface area contributed by atoms with Crippen molar-refractivity contribution < 1.29 is 28.5 Å². The molecule has 2 aromatic carbocycles. The molecule has 0 saturated heterocycles. The Labute approximate surface area is 229 Å². The number of hydrogen-bond acceptors (Lipinski definition) is 9. The summed E-state index contributed by atoms with van der Waals surface area (Å²) in [7, 11) is 4.33. The Morgan fingerprint density at radius 2 is 1.69 bits per heavy atom. The fourth-order valence-electron chi connectivity index (χ4n) is 4.38. The molecular formula is C29H30N2O7S. The van der Waals surface area contributed by atoms with E-state index in [4.69, 9.17) is 24.7 Å². The van der Waals surface area contributed by atoms with Gasteiger partial charge in [0.1, 0.15) is 22.0 Å². The van der Waals surface area contributed by atoms with Crippen LogP contribution in [0.3, 0.4) is 0 Å². The summed E-state index contributed by atoms with van der Waals surface area (Å²) in [4.78, 5) is 40.5. The Kier molecular flexibility index (Phi) is 8.55. The normalized spacial score (nSPS) is 15.1. The Morgan fingerprint density at radius 1 is 1.00 bits per heavy atom. The Balaban J connectivity index is 2.06. The van der Waals surface area contributed by atoms with Gasteiger partial charge in [0.15, 0.2) is 0 Å². The number of thiazole rings is 1. The molecule has 4 rings (SSSR count). The number of benzene rings is 2. The summed E-state index contributed by atoms with van der Waals surface area (Å²) in [6.07, 6.45) is 3.15. The van der Waals surface area contributed by atoms with Crippen LogP contribution in [0.15, 0.2) is 58.9 Å². The van der Waals surface area contributed by atoms with E-state index in [1.165, 1.54) is 18.8 Å². The lowest BCUT2D eigenvalue weighted by Gasteiger charge is -2.27. The monoisotopic (exact) mass is 550 g/mol. The lowest BCUT2D eigenvalue weighted by molar-refractivity contribution is -0.139. The molecule has 1 aliphatic rings. The largest absolute Gasteiger partial charge is 0.497 e. The van der Waals surface area contributed by atoms with Crippen LogP contribution in [0, 0.1) is 0 Å². The first-order chi connectivity index (χ1) is 18.8. The van der Waals surface area contributed by atoms with E-state index in [-0.39, 0.29) is 28.2 Å². The molecule has 0 spiro atoms. The SMILES string of the molecule is CCCCOC(=O)C1=C(N)n2c(sc(=Cc3cccc(OC)c3)c2=O)=C(C(=O)OC)C1c1cccc(OC)c1. The number of aromatic nitrogens is 1. The number of hydrogen-bond donors (Lipinski definition) is 1. The number of ether oxygens (including phenoxy) is 4. The number of fused-ring (bicyclic) bond motifs is 1. The maximum absolute atomic E-state index is 13.7. The Hall–Kier alpha value is -4.31. The molecule has 1 aromatic heterocycles. The number of rotatable bonds is 9. The zero-order valence-electron chi connectivity index (χ0n) is 22.2. The molecule has 2 heterocycles. The highest BCUT2D eigenvalue weighted by Crippen LogP contribution is 2.38. The average molecular weight is 551 g/mol. The number of carbonyl (C=O) groups is 2. The van der Waals surface area contributed by atoms with Crippen molar-refractivity contribution in [3.8, 4) is 11.5 Å². The van der Waals surface area contributed by atoms with Gasteiger partial charge in [0, 0.05) is 0 Å². The summed E-state index contributed by atoms with van der Waals surface area (Å²) in [5.74, 6) is -1.31. The summed E-state index contributed by atoms with van der Waals surface area (Å²) < 4.78 is 23.2. The van der Waals surface area contributed by atoms with Crippen LogP contribution < -0.4 is 30.0 Å². The van der Waals surface area contributed by atoms with E-state index in [1.54, 1.807) is 55.7 Å². The van der Waals surface area contributed by atoms with Crippen LogP contribution in [0.5, 0.6) is 11.5 Å². The highest BCUT2D eigenvalue weighted by Gasteiger charge is 2.40. The molecule has 0 amide bonds. The van der Waals surface area contributed by atoms with E-state index >= 15 is 0 Å². The number of methoxy groups -OCH3 is 3. The van der Waals surface area contributed by atoms with E-state index in [0.717, 1.165) is 23.3 Å². The van der Waals surface area contributed by atoms with Crippen LogP contribution in [0.4, 0.5) is 0 Å². The summed E-state index contributed by atoms with van der Waals surface area (Å²) in [5, 5.41) is 0. The first-order valence-corrected chi connectivity index (χ1v) is 13.2. The summed E-state index contributed by atoms with van der Waals surface area (Å²) >= 11 is 1.09. The van der Waals surface area contributed by atoms with E-state index < -0.39 is 23.4 Å². The van der Waals surface area contributed by atoms with Gasteiger partial charge in [-0.25, -0.2) is 9.59 Å². The number of nitrogens with zero attached hydrogens (tertiary/aromatic N) is 1. The molecule has 0 bridgehead atoms. The van der Waals surface area contributed by atoms with Crippen molar-refractivity contribution >= 4 is 40.7 Å².